The van der Waals surface area contributed by atoms with Crippen molar-refractivity contribution in [2.24, 2.45) is 12.0 Å². The standard InChI is InChI=1S/C21H25F2N7S/c1-14-27-28-20(29(14)2)12-25-21(24-11-17-4-3-9-31-17)26-16-7-8-30(13-16)19-6-5-15(22)10-18(19)23/h3-6,9-10,16H,7-8,11-13H2,1-2H3,(H2,24,25,26). The Hall–Kier alpha value is -3.01. The van der Waals surface area contributed by atoms with Crippen LogP contribution in [0, 0.1) is 18.6 Å². The summed E-state index contributed by atoms with van der Waals surface area (Å²) in [6, 6.07) is 7.87. The highest BCUT2D eigenvalue weighted by molar-refractivity contribution is 7.09. The Balaban J connectivity index is 1.43. The molecule has 1 aliphatic heterocycles. The third kappa shape index (κ3) is 5.19. The summed E-state index contributed by atoms with van der Waals surface area (Å²) in [7, 11) is 1.92. The van der Waals surface area contributed by atoms with Crippen molar-refractivity contribution >= 4 is 23.0 Å². The highest BCUT2D eigenvalue weighted by atomic mass is 32.1. The van der Waals surface area contributed by atoms with Gasteiger partial charge in [0.15, 0.2) is 11.8 Å². The highest BCUT2D eigenvalue weighted by Crippen LogP contribution is 2.24. The molecule has 1 saturated heterocycles. The molecule has 3 heterocycles. The lowest BCUT2D eigenvalue weighted by molar-refractivity contribution is 0.580. The predicted octanol–water partition coefficient (Wildman–Crippen LogP) is 2.98. The predicted molar refractivity (Wildman–Crippen MR) is 118 cm³/mol. The highest BCUT2D eigenvalue weighted by Gasteiger charge is 2.25. The van der Waals surface area contributed by atoms with Gasteiger partial charge in [0, 0.05) is 37.1 Å². The Morgan fingerprint density at radius 1 is 1.29 bits per heavy atom. The van der Waals surface area contributed by atoms with E-state index in [-0.39, 0.29) is 6.04 Å². The number of halogens is 2. The van der Waals surface area contributed by atoms with Gasteiger partial charge in [0.05, 0.1) is 12.2 Å². The van der Waals surface area contributed by atoms with Crippen LogP contribution in [0.15, 0.2) is 40.7 Å². The van der Waals surface area contributed by atoms with Gasteiger partial charge in [-0.2, -0.15) is 0 Å². The number of thiophene rings is 1. The van der Waals surface area contributed by atoms with Crippen molar-refractivity contribution in [2.45, 2.75) is 32.5 Å². The summed E-state index contributed by atoms with van der Waals surface area (Å²) < 4.78 is 29.3. The van der Waals surface area contributed by atoms with Crippen LogP contribution in [0.2, 0.25) is 0 Å². The maximum Gasteiger partial charge on any atom is 0.192 e. The van der Waals surface area contributed by atoms with Crippen LogP contribution < -0.4 is 15.5 Å². The van der Waals surface area contributed by atoms with Gasteiger partial charge in [-0.05, 0) is 36.9 Å². The summed E-state index contributed by atoms with van der Waals surface area (Å²) in [4.78, 5) is 7.82. The second-order valence-corrected chi connectivity index (χ2v) is 8.52. The van der Waals surface area contributed by atoms with Crippen molar-refractivity contribution in [3.05, 3.63) is 63.9 Å². The zero-order valence-corrected chi connectivity index (χ0v) is 18.3. The second-order valence-electron chi connectivity index (χ2n) is 7.49. The molecule has 2 aromatic heterocycles. The van der Waals surface area contributed by atoms with Crippen LogP contribution in [0.3, 0.4) is 0 Å². The lowest BCUT2D eigenvalue weighted by atomic mass is 10.2. The first-order chi connectivity index (χ1) is 15.0. The first kappa shape index (κ1) is 21.2. The van der Waals surface area contributed by atoms with E-state index < -0.39 is 11.6 Å². The van der Waals surface area contributed by atoms with Crippen molar-refractivity contribution < 1.29 is 8.78 Å². The summed E-state index contributed by atoms with van der Waals surface area (Å²) >= 11 is 1.68. The zero-order valence-electron chi connectivity index (χ0n) is 17.5. The molecule has 31 heavy (non-hydrogen) atoms. The van der Waals surface area contributed by atoms with Gasteiger partial charge in [-0.3, -0.25) is 0 Å². The number of hydrogen-bond acceptors (Lipinski definition) is 5. The number of anilines is 1. The Morgan fingerprint density at radius 3 is 2.87 bits per heavy atom. The normalized spacial score (nSPS) is 16.7. The molecule has 0 bridgehead atoms. The van der Waals surface area contributed by atoms with E-state index in [1.54, 1.807) is 11.3 Å². The minimum Gasteiger partial charge on any atom is -0.367 e. The number of guanidine groups is 1. The van der Waals surface area contributed by atoms with E-state index in [0.29, 0.717) is 37.8 Å². The van der Waals surface area contributed by atoms with Gasteiger partial charge < -0.3 is 20.1 Å². The molecule has 0 amide bonds. The van der Waals surface area contributed by atoms with E-state index >= 15 is 0 Å². The molecular weight excluding hydrogens is 420 g/mol. The van der Waals surface area contributed by atoms with E-state index in [1.807, 2.05) is 34.9 Å². The Morgan fingerprint density at radius 2 is 2.16 bits per heavy atom. The molecule has 1 fully saturated rings. The van der Waals surface area contributed by atoms with Gasteiger partial charge in [0.1, 0.15) is 24.0 Å². The van der Waals surface area contributed by atoms with Crippen molar-refractivity contribution in [3.8, 4) is 0 Å². The van der Waals surface area contributed by atoms with Gasteiger partial charge in [-0.1, -0.05) is 6.07 Å². The Labute approximate surface area is 183 Å². The second kappa shape index (κ2) is 9.42. The topological polar surface area (TPSA) is 70.4 Å². The fourth-order valence-electron chi connectivity index (χ4n) is 3.50. The summed E-state index contributed by atoms with van der Waals surface area (Å²) in [6.45, 7) is 4.23. The van der Waals surface area contributed by atoms with E-state index in [0.717, 1.165) is 24.1 Å². The number of aliphatic imine (C=N–C) groups is 1. The average molecular weight is 446 g/mol. The quantitative estimate of drug-likeness (QED) is 0.451. The number of nitrogens with one attached hydrogen (secondary N) is 2. The van der Waals surface area contributed by atoms with Crippen LogP contribution >= 0.6 is 11.3 Å². The summed E-state index contributed by atoms with van der Waals surface area (Å²) in [5.74, 6) is 1.17. The zero-order chi connectivity index (χ0) is 21.8. The van der Waals surface area contributed by atoms with Gasteiger partial charge >= 0.3 is 0 Å². The molecule has 1 atom stereocenters. The number of aromatic nitrogens is 3. The molecule has 0 saturated carbocycles. The maximum absolute atomic E-state index is 14.2. The monoisotopic (exact) mass is 445 g/mol. The molecule has 4 rings (SSSR count). The van der Waals surface area contributed by atoms with Crippen LogP contribution in [-0.4, -0.2) is 39.9 Å². The van der Waals surface area contributed by atoms with Gasteiger partial charge in [0.25, 0.3) is 0 Å². The molecule has 1 aliphatic rings. The molecule has 3 aromatic rings. The lowest BCUT2D eigenvalue weighted by Crippen LogP contribution is -2.44. The fraction of sp³-hybridized carbons (Fsp3) is 0.381. The molecule has 0 aliphatic carbocycles. The van der Waals surface area contributed by atoms with Crippen molar-refractivity contribution in [2.75, 3.05) is 18.0 Å². The van der Waals surface area contributed by atoms with Gasteiger partial charge in [-0.15, -0.1) is 21.5 Å². The minimum atomic E-state index is -0.568. The lowest BCUT2D eigenvalue weighted by Gasteiger charge is -2.21. The fourth-order valence-corrected chi connectivity index (χ4v) is 4.15. The van der Waals surface area contributed by atoms with Crippen LogP contribution in [0.25, 0.3) is 0 Å². The molecule has 0 radical (unpaired) electrons. The minimum absolute atomic E-state index is 0.0836. The van der Waals surface area contributed by atoms with Crippen molar-refractivity contribution in [3.63, 3.8) is 0 Å². The third-order valence-corrected chi connectivity index (χ3v) is 6.23. The SMILES string of the molecule is Cc1nnc(CN=C(NCc2cccs2)NC2CCN(c3ccc(F)cc3F)C2)n1C. The van der Waals surface area contributed by atoms with Gasteiger partial charge in [-0.25, -0.2) is 13.8 Å². The molecule has 0 spiro atoms. The van der Waals surface area contributed by atoms with E-state index in [9.17, 15) is 8.78 Å². The van der Waals surface area contributed by atoms with Crippen LogP contribution in [-0.2, 0) is 20.1 Å². The van der Waals surface area contributed by atoms with Crippen molar-refractivity contribution in [1.82, 2.24) is 25.4 Å². The Kier molecular flexibility index (Phi) is 6.45. The van der Waals surface area contributed by atoms with E-state index in [2.05, 4.69) is 26.9 Å². The molecule has 164 valence electrons. The van der Waals surface area contributed by atoms with Crippen LogP contribution in [0.4, 0.5) is 14.5 Å². The number of aryl methyl sites for hydroxylation is 1. The smallest absolute Gasteiger partial charge is 0.192 e. The number of nitrogens with zero attached hydrogens (tertiary/aromatic N) is 5. The molecular formula is C21H25F2N7S. The van der Waals surface area contributed by atoms with Crippen molar-refractivity contribution in [1.29, 1.82) is 0 Å². The first-order valence-electron chi connectivity index (χ1n) is 10.1. The van der Waals surface area contributed by atoms with Gasteiger partial charge in [0.2, 0.25) is 0 Å². The number of rotatable bonds is 6. The van der Waals surface area contributed by atoms with E-state index in [4.69, 9.17) is 4.99 Å². The van der Waals surface area contributed by atoms with E-state index in [1.165, 1.54) is 17.0 Å². The maximum atomic E-state index is 14.2. The Bertz CT molecular complexity index is 1050. The molecule has 1 unspecified atom stereocenters. The average Bonchev–Trinajstić information content (AvgIpc) is 3.48. The molecule has 2 N–H and O–H groups in total. The number of benzene rings is 1. The number of hydrogen-bond donors (Lipinski definition) is 2. The third-order valence-electron chi connectivity index (χ3n) is 5.35. The molecule has 10 heteroatoms. The summed E-state index contributed by atoms with van der Waals surface area (Å²) in [5, 5.41) is 17.1. The molecule has 1 aromatic carbocycles. The first-order valence-corrected chi connectivity index (χ1v) is 11.0. The summed E-state index contributed by atoms with van der Waals surface area (Å²) in [5.41, 5.74) is 0.422. The van der Waals surface area contributed by atoms with Crippen LogP contribution in [0.5, 0.6) is 0 Å². The van der Waals surface area contributed by atoms with Crippen LogP contribution in [0.1, 0.15) is 22.9 Å². The largest absolute Gasteiger partial charge is 0.367 e. The molecule has 7 nitrogen and oxygen atoms in total. The summed E-state index contributed by atoms with van der Waals surface area (Å²) in [6.07, 6.45) is 0.819.